The van der Waals surface area contributed by atoms with E-state index >= 15 is 0 Å². The van der Waals surface area contributed by atoms with Crippen LogP contribution in [0.2, 0.25) is 0 Å². The van der Waals surface area contributed by atoms with Crippen molar-refractivity contribution in [1.29, 1.82) is 0 Å². The molecule has 0 unspecified atom stereocenters. The summed E-state index contributed by atoms with van der Waals surface area (Å²) in [6.07, 6.45) is -5.41. The van der Waals surface area contributed by atoms with E-state index in [2.05, 4.69) is 15.9 Å². The van der Waals surface area contributed by atoms with Gasteiger partial charge >= 0.3 is 18.2 Å². The number of amides is 1. The van der Waals surface area contributed by atoms with Gasteiger partial charge in [0.05, 0.1) is 25.1 Å². The van der Waals surface area contributed by atoms with Crippen LogP contribution in [-0.2, 0) is 28.7 Å². The summed E-state index contributed by atoms with van der Waals surface area (Å²) in [7, 11) is 0. The summed E-state index contributed by atoms with van der Waals surface area (Å²) in [6.45, 7) is 0.311. The lowest BCUT2D eigenvalue weighted by Gasteiger charge is -2.18. The number of carbonyl (C=O) groups excluding carboxylic acids is 1. The van der Waals surface area contributed by atoms with Crippen molar-refractivity contribution in [3.63, 3.8) is 0 Å². The first kappa shape index (κ1) is 21.0. The number of cyclic esters (lactones) is 1. The van der Waals surface area contributed by atoms with Crippen molar-refractivity contribution in [2.24, 2.45) is 0 Å². The van der Waals surface area contributed by atoms with E-state index in [1.165, 1.54) is 17.0 Å². The molecule has 0 aliphatic carbocycles. The minimum atomic E-state index is -4.55. The fourth-order valence-electron chi connectivity index (χ4n) is 2.79. The van der Waals surface area contributed by atoms with Gasteiger partial charge in [-0.25, -0.2) is 4.79 Å². The first-order valence-corrected chi connectivity index (χ1v) is 9.22. The summed E-state index contributed by atoms with van der Waals surface area (Å²) >= 11 is 3.25. The van der Waals surface area contributed by atoms with Crippen LogP contribution in [0.5, 0.6) is 11.5 Å². The second kappa shape index (κ2) is 8.32. The highest BCUT2D eigenvalue weighted by molar-refractivity contribution is 9.10. The van der Waals surface area contributed by atoms with Crippen molar-refractivity contribution in [3.8, 4) is 11.5 Å². The van der Waals surface area contributed by atoms with Gasteiger partial charge < -0.3 is 19.5 Å². The maximum atomic E-state index is 13.1. The Morgan fingerprint density at radius 3 is 2.59 bits per heavy atom. The maximum absolute atomic E-state index is 13.1. The second-order valence-electron chi connectivity index (χ2n) is 6.28. The standard InChI is InChI=1S/C19H15BrF3NO5/c20-15-3-2-14(8-11(15)9-17(25)26)29-16-4-1-13(19(21,22)23)7-12(16)10-24-5-6-28-18(24)27/h1-4,7-8H,5-6,9-10H2,(H,25,26). The fraction of sp³-hybridized carbons (Fsp3) is 0.263. The van der Waals surface area contributed by atoms with Gasteiger partial charge in [0, 0.05) is 10.0 Å². The fourth-order valence-corrected chi connectivity index (χ4v) is 3.18. The summed E-state index contributed by atoms with van der Waals surface area (Å²) in [5, 5.41) is 8.99. The molecule has 29 heavy (non-hydrogen) atoms. The normalized spacial score (nSPS) is 14.1. The lowest BCUT2D eigenvalue weighted by Crippen LogP contribution is -2.24. The quantitative estimate of drug-likeness (QED) is 0.649. The molecule has 10 heteroatoms. The average Bonchev–Trinajstić information content (AvgIpc) is 3.03. The molecular weight excluding hydrogens is 459 g/mol. The van der Waals surface area contributed by atoms with Gasteiger partial charge in [0.25, 0.3) is 0 Å². The molecule has 1 aliphatic rings. The van der Waals surface area contributed by atoms with E-state index in [0.29, 0.717) is 10.0 Å². The molecule has 0 spiro atoms. The van der Waals surface area contributed by atoms with Crippen LogP contribution in [0.3, 0.4) is 0 Å². The Balaban J connectivity index is 1.93. The number of ether oxygens (including phenoxy) is 2. The zero-order valence-electron chi connectivity index (χ0n) is 14.8. The third kappa shape index (κ3) is 5.20. The number of alkyl halides is 3. The highest BCUT2D eigenvalue weighted by Crippen LogP contribution is 2.35. The van der Waals surface area contributed by atoms with E-state index in [-0.39, 0.29) is 43.2 Å². The molecule has 0 radical (unpaired) electrons. The number of carbonyl (C=O) groups is 2. The molecule has 6 nitrogen and oxygen atoms in total. The molecular formula is C19H15BrF3NO5. The Kier molecular flexibility index (Phi) is 6.02. The molecule has 0 saturated carbocycles. The van der Waals surface area contributed by atoms with Crippen LogP contribution in [-0.4, -0.2) is 35.2 Å². The van der Waals surface area contributed by atoms with Gasteiger partial charge in [0.2, 0.25) is 0 Å². The zero-order valence-corrected chi connectivity index (χ0v) is 16.4. The zero-order chi connectivity index (χ0) is 21.2. The van der Waals surface area contributed by atoms with E-state index in [9.17, 15) is 22.8 Å². The van der Waals surface area contributed by atoms with Crippen LogP contribution in [0.1, 0.15) is 16.7 Å². The minimum Gasteiger partial charge on any atom is -0.481 e. The summed E-state index contributed by atoms with van der Waals surface area (Å²) in [4.78, 5) is 24.0. The van der Waals surface area contributed by atoms with Gasteiger partial charge in [-0.1, -0.05) is 15.9 Å². The van der Waals surface area contributed by atoms with Crippen molar-refractivity contribution in [2.75, 3.05) is 13.2 Å². The molecule has 1 amide bonds. The van der Waals surface area contributed by atoms with Gasteiger partial charge in [-0.15, -0.1) is 0 Å². The number of rotatable bonds is 6. The number of halogens is 4. The van der Waals surface area contributed by atoms with Crippen molar-refractivity contribution in [3.05, 3.63) is 57.6 Å². The summed E-state index contributed by atoms with van der Waals surface area (Å²) in [5.74, 6) is -0.652. The Bertz CT molecular complexity index is 948. The number of carboxylic acid groups (broad SMARTS) is 1. The summed E-state index contributed by atoms with van der Waals surface area (Å²) in [5.41, 5.74) is -0.261. The molecule has 2 aromatic carbocycles. The first-order chi connectivity index (χ1) is 13.6. The SMILES string of the molecule is O=C(O)Cc1cc(Oc2ccc(C(F)(F)F)cc2CN2CCOC2=O)ccc1Br. The number of hydrogen-bond acceptors (Lipinski definition) is 4. The Morgan fingerprint density at radius 1 is 1.21 bits per heavy atom. The van der Waals surface area contributed by atoms with Crippen molar-refractivity contribution >= 4 is 28.0 Å². The van der Waals surface area contributed by atoms with E-state index in [4.69, 9.17) is 14.6 Å². The molecule has 0 atom stereocenters. The van der Waals surface area contributed by atoms with Gasteiger partial charge in [-0.3, -0.25) is 4.79 Å². The second-order valence-corrected chi connectivity index (χ2v) is 7.14. The van der Waals surface area contributed by atoms with Crippen LogP contribution in [0.15, 0.2) is 40.9 Å². The van der Waals surface area contributed by atoms with Gasteiger partial charge in [-0.05, 0) is 42.0 Å². The molecule has 0 aromatic heterocycles. The van der Waals surface area contributed by atoms with E-state index < -0.39 is 23.8 Å². The molecule has 1 aliphatic heterocycles. The Hall–Kier alpha value is -2.75. The smallest absolute Gasteiger partial charge is 0.416 e. The summed E-state index contributed by atoms with van der Waals surface area (Å²) < 4.78 is 50.5. The van der Waals surface area contributed by atoms with Crippen molar-refractivity contribution < 1.29 is 37.3 Å². The van der Waals surface area contributed by atoms with Crippen LogP contribution in [0.4, 0.5) is 18.0 Å². The Labute approximate surface area is 172 Å². The maximum Gasteiger partial charge on any atom is 0.416 e. The monoisotopic (exact) mass is 473 g/mol. The molecule has 154 valence electrons. The molecule has 1 saturated heterocycles. The van der Waals surface area contributed by atoms with Crippen LogP contribution in [0, 0.1) is 0 Å². The highest BCUT2D eigenvalue weighted by Gasteiger charge is 2.32. The number of aliphatic carboxylic acids is 1. The Morgan fingerprint density at radius 2 is 1.97 bits per heavy atom. The first-order valence-electron chi connectivity index (χ1n) is 8.43. The largest absolute Gasteiger partial charge is 0.481 e. The third-order valence-corrected chi connectivity index (χ3v) is 4.95. The van der Waals surface area contributed by atoms with Crippen LogP contribution < -0.4 is 4.74 Å². The van der Waals surface area contributed by atoms with Crippen LogP contribution >= 0.6 is 15.9 Å². The van der Waals surface area contributed by atoms with Crippen molar-refractivity contribution in [1.82, 2.24) is 4.90 Å². The highest BCUT2D eigenvalue weighted by atomic mass is 79.9. The van der Waals surface area contributed by atoms with Gasteiger partial charge in [-0.2, -0.15) is 13.2 Å². The minimum absolute atomic E-state index is 0.114. The predicted octanol–water partition coefficient (Wildman–Crippen LogP) is 4.84. The molecule has 1 N–H and O–H groups in total. The molecule has 2 aromatic rings. The van der Waals surface area contributed by atoms with E-state index in [0.717, 1.165) is 12.1 Å². The molecule has 1 fully saturated rings. The van der Waals surface area contributed by atoms with E-state index in [1.54, 1.807) is 12.1 Å². The number of benzene rings is 2. The third-order valence-electron chi connectivity index (χ3n) is 4.18. The number of hydrogen-bond donors (Lipinski definition) is 1. The van der Waals surface area contributed by atoms with E-state index in [1.807, 2.05) is 0 Å². The lowest BCUT2D eigenvalue weighted by atomic mass is 10.1. The molecule has 1 heterocycles. The van der Waals surface area contributed by atoms with Crippen LogP contribution in [0.25, 0.3) is 0 Å². The van der Waals surface area contributed by atoms with Gasteiger partial charge in [0.15, 0.2) is 0 Å². The lowest BCUT2D eigenvalue weighted by molar-refractivity contribution is -0.138. The topological polar surface area (TPSA) is 76.1 Å². The van der Waals surface area contributed by atoms with Crippen molar-refractivity contribution in [2.45, 2.75) is 19.1 Å². The predicted molar refractivity (Wildman–Crippen MR) is 98.8 cm³/mol. The molecule has 0 bridgehead atoms. The number of carboxylic acids is 1. The molecule has 3 rings (SSSR count). The average molecular weight is 474 g/mol. The summed E-state index contributed by atoms with van der Waals surface area (Å²) in [6, 6.07) is 7.63. The van der Waals surface area contributed by atoms with Gasteiger partial charge in [0.1, 0.15) is 18.1 Å². The number of nitrogens with zero attached hydrogens (tertiary/aromatic N) is 1.